The van der Waals surface area contributed by atoms with Crippen LogP contribution in [0.4, 0.5) is 0 Å². The van der Waals surface area contributed by atoms with Crippen molar-refractivity contribution < 1.29 is 4.74 Å². The van der Waals surface area contributed by atoms with Gasteiger partial charge in [-0.25, -0.2) is 0 Å². The highest BCUT2D eigenvalue weighted by atomic mass is 16.5. The number of ether oxygens (including phenoxy) is 1. The molecule has 0 spiro atoms. The minimum Gasteiger partial charge on any atom is -0.497 e. The van der Waals surface area contributed by atoms with Crippen LogP contribution < -0.4 is 4.74 Å². The second kappa shape index (κ2) is 7.76. The highest BCUT2D eigenvalue weighted by Gasteiger charge is 2.07. The van der Waals surface area contributed by atoms with Crippen LogP contribution in [0.15, 0.2) is 18.2 Å². The third kappa shape index (κ3) is 4.28. The standard InChI is InChI=1S/C16H24N4O/c1-4-5-6-7-8-9-14-10-15(12-16(11-14)21-3)20-13(2)17-18-19-20/h10-12H,4-9H2,1-3H3. The maximum absolute atomic E-state index is 5.40. The first-order valence-corrected chi connectivity index (χ1v) is 7.68. The Kier molecular flexibility index (Phi) is 5.72. The van der Waals surface area contributed by atoms with E-state index < -0.39 is 0 Å². The molecule has 1 heterocycles. The van der Waals surface area contributed by atoms with Gasteiger partial charge in [0.2, 0.25) is 0 Å². The molecule has 5 heteroatoms. The van der Waals surface area contributed by atoms with E-state index >= 15 is 0 Å². The van der Waals surface area contributed by atoms with E-state index in [1.165, 1.54) is 37.7 Å². The largest absolute Gasteiger partial charge is 0.497 e. The van der Waals surface area contributed by atoms with Crippen LogP contribution in [0.2, 0.25) is 0 Å². The van der Waals surface area contributed by atoms with E-state index in [1.54, 1.807) is 11.8 Å². The number of benzene rings is 1. The van der Waals surface area contributed by atoms with Crippen molar-refractivity contribution in [3.63, 3.8) is 0 Å². The molecular formula is C16H24N4O. The summed E-state index contributed by atoms with van der Waals surface area (Å²) in [7, 11) is 1.69. The number of nitrogens with zero attached hydrogens (tertiary/aromatic N) is 4. The zero-order chi connectivity index (χ0) is 15.1. The van der Waals surface area contributed by atoms with Crippen LogP contribution in [0.5, 0.6) is 5.75 Å². The third-order valence-electron chi connectivity index (χ3n) is 3.63. The maximum atomic E-state index is 5.40. The van der Waals surface area contributed by atoms with Crippen LogP contribution in [0, 0.1) is 6.92 Å². The Morgan fingerprint density at radius 2 is 1.90 bits per heavy atom. The van der Waals surface area contributed by atoms with Crippen LogP contribution in [0.25, 0.3) is 5.69 Å². The lowest BCUT2D eigenvalue weighted by atomic mass is 10.0. The lowest BCUT2D eigenvalue weighted by Gasteiger charge is -2.09. The summed E-state index contributed by atoms with van der Waals surface area (Å²) in [5, 5.41) is 11.7. The van der Waals surface area contributed by atoms with Gasteiger partial charge >= 0.3 is 0 Å². The molecule has 0 atom stereocenters. The molecule has 1 aromatic heterocycles. The van der Waals surface area contributed by atoms with E-state index in [9.17, 15) is 0 Å². The normalized spacial score (nSPS) is 10.8. The number of aromatic nitrogens is 4. The summed E-state index contributed by atoms with van der Waals surface area (Å²) in [6.07, 6.45) is 7.48. The summed E-state index contributed by atoms with van der Waals surface area (Å²) in [6.45, 7) is 4.13. The van der Waals surface area contributed by atoms with E-state index in [2.05, 4.69) is 34.6 Å². The first-order chi connectivity index (χ1) is 10.2. The summed E-state index contributed by atoms with van der Waals surface area (Å²) >= 11 is 0. The van der Waals surface area contributed by atoms with Gasteiger partial charge in [0.1, 0.15) is 5.75 Å². The van der Waals surface area contributed by atoms with Crippen LogP contribution in [-0.4, -0.2) is 27.3 Å². The predicted octanol–water partition coefficient (Wildman–Crippen LogP) is 3.49. The summed E-state index contributed by atoms with van der Waals surface area (Å²) < 4.78 is 7.14. The third-order valence-corrected chi connectivity index (χ3v) is 3.63. The summed E-state index contributed by atoms with van der Waals surface area (Å²) in [6, 6.07) is 6.21. The summed E-state index contributed by atoms with van der Waals surface area (Å²) in [5.41, 5.74) is 2.23. The van der Waals surface area contributed by atoms with Crippen molar-refractivity contribution >= 4 is 0 Å². The Morgan fingerprint density at radius 1 is 1.10 bits per heavy atom. The predicted molar refractivity (Wildman–Crippen MR) is 82.9 cm³/mol. The fourth-order valence-corrected chi connectivity index (χ4v) is 2.43. The van der Waals surface area contributed by atoms with Crippen molar-refractivity contribution in [1.82, 2.24) is 20.2 Å². The second-order valence-corrected chi connectivity index (χ2v) is 5.34. The van der Waals surface area contributed by atoms with Crippen molar-refractivity contribution in [2.45, 2.75) is 52.4 Å². The molecule has 1 aromatic carbocycles. The first kappa shape index (κ1) is 15.5. The minimum atomic E-state index is 0.775. The van der Waals surface area contributed by atoms with Crippen LogP contribution in [0.1, 0.15) is 50.4 Å². The van der Waals surface area contributed by atoms with Gasteiger partial charge in [0.15, 0.2) is 5.82 Å². The molecule has 0 fully saturated rings. The van der Waals surface area contributed by atoms with Crippen molar-refractivity contribution in [2.75, 3.05) is 7.11 Å². The molecule has 21 heavy (non-hydrogen) atoms. The molecule has 2 aromatic rings. The average molecular weight is 288 g/mol. The number of rotatable bonds is 8. The quantitative estimate of drug-likeness (QED) is 0.698. The summed E-state index contributed by atoms with van der Waals surface area (Å²) in [5.74, 6) is 1.63. The van der Waals surface area contributed by atoms with Crippen molar-refractivity contribution in [1.29, 1.82) is 0 Å². The fraction of sp³-hybridized carbons (Fsp3) is 0.562. The van der Waals surface area contributed by atoms with Gasteiger partial charge in [0.25, 0.3) is 0 Å². The van der Waals surface area contributed by atoms with Crippen molar-refractivity contribution in [3.05, 3.63) is 29.6 Å². The molecule has 0 radical (unpaired) electrons. The zero-order valence-corrected chi connectivity index (χ0v) is 13.2. The monoisotopic (exact) mass is 288 g/mol. The molecule has 2 rings (SSSR count). The molecule has 0 bridgehead atoms. The number of methoxy groups -OCH3 is 1. The number of hydrogen-bond acceptors (Lipinski definition) is 4. The Balaban J connectivity index is 2.09. The van der Waals surface area contributed by atoms with Gasteiger partial charge in [0.05, 0.1) is 12.8 Å². The molecule has 0 aliphatic heterocycles. The second-order valence-electron chi connectivity index (χ2n) is 5.34. The number of tetrazole rings is 1. The van der Waals surface area contributed by atoms with E-state index in [4.69, 9.17) is 4.74 Å². The van der Waals surface area contributed by atoms with Gasteiger partial charge in [-0.1, -0.05) is 32.6 Å². The number of aryl methyl sites for hydroxylation is 2. The molecule has 0 unspecified atom stereocenters. The summed E-state index contributed by atoms with van der Waals surface area (Å²) in [4.78, 5) is 0. The average Bonchev–Trinajstić information content (AvgIpc) is 2.93. The van der Waals surface area contributed by atoms with Gasteiger partial charge in [-0.15, -0.1) is 5.10 Å². The van der Waals surface area contributed by atoms with E-state index in [-0.39, 0.29) is 0 Å². The molecule has 0 aliphatic rings. The van der Waals surface area contributed by atoms with E-state index in [0.29, 0.717) is 0 Å². The first-order valence-electron chi connectivity index (χ1n) is 7.68. The topological polar surface area (TPSA) is 52.8 Å². The van der Waals surface area contributed by atoms with Crippen molar-refractivity contribution in [2.24, 2.45) is 0 Å². The van der Waals surface area contributed by atoms with Gasteiger partial charge in [-0.3, -0.25) is 0 Å². The molecule has 0 N–H and O–H groups in total. The van der Waals surface area contributed by atoms with Gasteiger partial charge in [0, 0.05) is 6.07 Å². The van der Waals surface area contributed by atoms with Gasteiger partial charge < -0.3 is 4.74 Å². The molecule has 0 saturated heterocycles. The Labute approximate surface area is 126 Å². The molecule has 0 amide bonds. The van der Waals surface area contributed by atoms with Gasteiger partial charge in [-0.05, 0) is 47.9 Å². The van der Waals surface area contributed by atoms with Crippen molar-refractivity contribution in [3.8, 4) is 11.4 Å². The highest BCUT2D eigenvalue weighted by Crippen LogP contribution is 2.21. The SMILES string of the molecule is CCCCCCCc1cc(OC)cc(-n2nnnc2C)c1. The minimum absolute atomic E-state index is 0.775. The highest BCUT2D eigenvalue weighted by molar-refractivity contribution is 5.43. The van der Waals surface area contributed by atoms with E-state index in [1.807, 2.05) is 13.0 Å². The van der Waals surface area contributed by atoms with Crippen LogP contribution >= 0.6 is 0 Å². The molecule has 5 nitrogen and oxygen atoms in total. The van der Waals surface area contributed by atoms with Gasteiger partial charge in [-0.2, -0.15) is 4.68 Å². The number of hydrogen-bond donors (Lipinski definition) is 0. The molecule has 0 aliphatic carbocycles. The Morgan fingerprint density at radius 3 is 2.57 bits per heavy atom. The molecular weight excluding hydrogens is 264 g/mol. The lowest BCUT2D eigenvalue weighted by molar-refractivity contribution is 0.413. The number of unbranched alkanes of at least 4 members (excludes halogenated alkanes) is 4. The Hall–Kier alpha value is -1.91. The molecule has 0 saturated carbocycles. The van der Waals surface area contributed by atoms with E-state index in [0.717, 1.165) is 23.7 Å². The maximum Gasteiger partial charge on any atom is 0.153 e. The van der Waals surface area contributed by atoms with Crippen LogP contribution in [0.3, 0.4) is 0 Å². The fourth-order valence-electron chi connectivity index (χ4n) is 2.43. The lowest BCUT2D eigenvalue weighted by Crippen LogP contribution is -2.01. The Bertz CT molecular complexity index is 565. The van der Waals surface area contributed by atoms with Crippen LogP contribution in [-0.2, 0) is 6.42 Å². The molecule has 114 valence electrons. The zero-order valence-electron chi connectivity index (χ0n) is 13.2. The smallest absolute Gasteiger partial charge is 0.153 e.